The van der Waals surface area contributed by atoms with E-state index in [0.29, 0.717) is 11.3 Å². The topological polar surface area (TPSA) is 112 Å². The number of rotatable bonds is 3. The highest BCUT2D eigenvalue weighted by Gasteiger charge is 2.21. The molecule has 0 bridgehead atoms. The van der Waals surface area contributed by atoms with Crippen molar-refractivity contribution < 1.29 is 4.79 Å². The molecule has 0 saturated carbocycles. The summed E-state index contributed by atoms with van der Waals surface area (Å²) in [6, 6.07) is 11.1. The molecule has 0 aromatic carbocycles. The summed E-state index contributed by atoms with van der Waals surface area (Å²) in [4.78, 5) is 28.6. The highest BCUT2D eigenvalue weighted by atomic mass is 16.2. The van der Waals surface area contributed by atoms with Crippen LogP contribution in [0.25, 0.3) is 22.3 Å². The molecule has 0 atom stereocenters. The lowest BCUT2D eigenvalue weighted by Crippen LogP contribution is -2.42. The summed E-state index contributed by atoms with van der Waals surface area (Å²) < 4.78 is 1.85. The molecule has 0 aliphatic rings. The van der Waals surface area contributed by atoms with Crippen LogP contribution < -0.4 is 5.32 Å². The zero-order chi connectivity index (χ0) is 22.0. The standard InChI is InChI=1S/C23H19N7O/c1-23(2,13-24)29-22(31)20-6-4-5-19(28-20)16-9-15-10-17(27-21(15)26-11-16)7-8-18-12-25-14-30(18)3/h4-6,9-12,14H,1-3H3,(H,26,27)(H,29,31). The molecule has 0 unspecified atom stereocenters. The van der Waals surface area contributed by atoms with Crippen LogP contribution in [0.1, 0.15) is 35.7 Å². The Hall–Kier alpha value is -4.43. The Morgan fingerprint density at radius 2 is 2.06 bits per heavy atom. The van der Waals surface area contributed by atoms with E-state index in [2.05, 4.69) is 37.1 Å². The molecule has 4 rings (SSSR count). The summed E-state index contributed by atoms with van der Waals surface area (Å²) in [5.41, 5.74) is 2.90. The molecule has 1 amide bonds. The molecular weight excluding hydrogens is 390 g/mol. The van der Waals surface area contributed by atoms with E-state index in [1.54, 1.807) is 44.7 Å². The third-order valence-electron chi connectivity index (χ3n) is 4.60. The molecule has 8 heteroatoms. The zero-order valence-electron chi connectivity index (χ0n) is 17.3. The Balaban J connectivity index is 1.62. The molecule has 4 aromatic rings. The summed E-state index contributed by atoms with van der Waals surface area (Å²) in [6.45, 7) is 3.26. The Morgan fingerprint density at radius 3 is 2.81 bits per heavy atom. The van der Waals surface area contributed by atoms with E-state index in [1.165, 1.54) is 0 Å². The number of nitrogens with one attached hydrogen (secondary N) is 2. The number of amides is 1. The van der Waals surface area contributed by atoms with Gasteiger partial charge in [0.15, 0.2) is 0 Å². The first kappa shape index (κ1) is 19.9. The fraction of sp³-hybridized carbons (Fsp3) is 0.174. The van der Waals surface area contributed by atoms with Crippen molar-refractivity contribution in [2.45, 2.75) is 19.4 Å². The van der Waals surface area contributed by atoms with Crippen molar-refractivity contribution in [1.82, 2.24) is 29.8 Å². The number of H-pyrrole nitrogens is 1. The summed E-state index contributed by atoms with van der Waals surface area (Å²) in [7, 11) is 1.89. The molecule has 0 saturated heterocycles. The molecule has 0 aliphatic heterocycles. The van der Waals surface area contributed by atoms with E-state index in [4.69, 9.17) is 5.26 Å². The van der Waals surface area contributed by atoms with Crippen LogP contribution in [0.5, 0.6) is 0 Å². The van der Waals surface area contributed by atoms with Crippen LogP contribution >= 0.6 is 0 Å². The van der Waals surface area contributed by atoms with E-state index < -0.39 is 11.4 Å². The number of hydrogen-bond acceptors (Lipinski definition) is 5. The molecule has 8 nitrogen and oxygen atoms in total. The zero-order valence-corrected chi connectivity index (χ0v) is 17.3. The summed E-state index contributed by atoms with van der Waals surface area (Å²) in [5, 5.41) is 12.7. The Bertz CT molecular complexity index is 1390. The third-order valence-corrected chi connectivity index (χ3v) is 4.60. The molecule has 0 aliphatic carbocycles. The lowest BCUT2D eigenvalue weighted by Gasteiger charge is -2.17. The molecular formula is C23H19N7O. The molecule has 31 heavy (non-hydrogen) atoms. The number of nitrogens with zero attached hydrogens (tertiary/aromatic N) is 5. The predicted molar refractivity (Wildman–Crippen MR) is 116 cm³/mol. The van der Waals surface area contributed by atoms with Gasteiger partial charge in [0.25, 0.3) is 5.91 Å². The van der Waals surface area contributed by atoms with E-state index in [-0.39, 0.29) is 5.69 Å². The quantitative estimate of drug-likeness (QED) is 0.505. The van der Waals surface area contributed by atoms with Crippen molar-refractivity contribution in [1.29, 1.82) is 5.26 Å². The molecule has 2 N–H and O–H groups in total. The molecule has 4 heterocycles. The second-order valence-electron chi connectivity index (χ2n) is 7.58. The van der Waals surface area contributed by atoms with Crippen LogP contribution in [-0.4, -0.2) is 35.9 Å². The lowest BCUT2D eigenvalue weighted by atomic mass is 10.1. The average molecular weight is 409 g/mol. The van der Waals surface area contributed by atoms with Crippen molar-refractivity contribution >= 4 is 16.9 Å². The SMILES string of the molecule is Cn1cncc1C#Cc1cc2cc(-c3cccc(C(=O)NC(C)(C)C#N)n3)cnc2[nH]1. The second kappa shape index (κ2) is 7.77. The predicted octanol–water partition coefficient (Wildman–Crippen LogP) is 2.79. The summed E-state index contributed by atoms with van der Waals surface area (Å²) in [5.74, 6) is 5.75. The van der Waals surface area contributed by atoms with Gasteiger partial charge < -0.3 is 14.9 Å². The fourth-order valence-corrected chi connectivity index (χ4v) is 2.93. The van der Waals surface area contributed by atoms with Crippen LogP contribution in [0, 0.1) is 23.2 Å². The van der Waals surface area contributed by atoms with Crippen molar-refractivity contribution in [2.24, 2.45) is 7.05 Å². The van der Waals surface area contributed by atoms with Crippen LogP contribution in [0.15, 0.2) is 49.1 Å². The minimum atomic E-state index is -0.979. The Labute approximate surface area is 179 Å². The van der Waals surface area contributed by atoms with E-state index in [9.17, 15) is 4.79 Å². The maximum atomic E-state index is 12.4. The van der Waals surface area contributed by atoms with E-state index >= 15 is 0 Å². The van der Waals surface area contributed by atoms with Gasteiger partial charge in [-0.25, -0.2) is 15.0 Å². The van der Waals surface area contributed by atoms with Crippen molar-refractivity contribution in [2.75, 3.05) is 0 Å². The van der Waals surface area contributed by atoms with Gasteiger partial charge in [0.05, 0.1) is 30.0 Å². The first-order valence-electron chi connectivity index (χ1n) is 9.53. The van der Waals surface area contributed by atoms with Gasteiger partial charge in [0, 0.05) is 24.2 Å². The number of fused-ring (bicyclic) bond motifs is 1. The van der Waals surface area contributed by atoms with Gasteiger partial charge in [-0.1, -0.05) is 6.07 Å². The van der Waals surface area contributed by atoms with Gasteiger partial charge >= 0.3 is 0 Å². The summed E-state index contributed by atoms with van der Waals surface area (Å²) in [6.07, 6.45) is 5.10. The number of aromatic amines is 1. The number of imidazole rings is 1. The van der Waals surface area contributed by atoms with Crippen molar-refractivity contribution in [3.8, 4) is 29.2 Å². The van der Waals surface area contributed by atoms with E-state index in [0.717, 1.165) is 22.3 Å². The number of carbonyl (C=O) groups excluding carboxylic acids is 1. The lowest BCUT2D eigenvalue weighted by molar-refractivity contribution is 0.0924. The molecule has 0 radical (unpaired) electrons. The van der Waals surface area contributed by atoms with Gasteiger partial charge in [-0.15, -0.1) is 0 Å². The van der Waals surface area contributed by atoms with Gasteiger partial charge in [-0.05, 0) is 50.0 Å². The van der Waals surface area contributed by atoms with Crippen molar-refractivity contribution in [3.05, 3.63) is 66.1 Å². The van der Waals surface area contributed by atoms with E-state index in [1.807, 2.05) is 35.9 Å². The monoisotopic (exact) mass is 409 g/mol. The minimum absolute atomic E-state index is 0.234. The third kappa shape index (κ3) is 4.29. The van der Waals surface area contributed by atoms with Crippen LogP contribution in [0.4, 0.5) is 0 Å². The largest absolute Gasteiger partial charge is 0.333 e. The molecule has 0 fully saturated rings. The first-order chi connectivity index (χ1) is 14.8. The number of aromatic nitrogens is 5. The molecule has 152 valence electrons. The number of carbonyl (C=O) groups is 1. The number of aryl methyl sites for hydroxylation is 1. The van der Waals surface area contributed by atoms with Crippen LogP contribution in [0.3, 0.4) is 0 Å². The van der Waals surface area contributed by atoms with Crippen LogP contribution in [-0.2, 0) is 7.05 Å². The first-order valence-corrected chi connectivity index (χ1v) is 9.53. The maximum absolute atomic E-state index is 12.4. The fourth-order valence-electron chi connectivity index (χ4n) is 2.93. The van der Waals surface area contributed by atoms with Gasteiger partial charge in [0.1, 0.15) is 22.6 Å². The smallest absolute Gasteiger partial charge is 0.271 e. The highest BCUT2D eigenvalue weighted by molar-refractivity contribution is 5.93. The average Bonchev–Trinajstić information content (AvgIpc) is 3.36. The Morgan fingerprint density at radius 1 is 1.23 bits per heavy atom. The summed E-state index contributed by atoms with van der Waals surface area (Å²) >= 11 is 0. The number of hydrogen-bond donors (Lipinski definition) is 2. The maximum Gasteiger partial charge on any atom is 0.271 e. The van der Waals surface area contributed by atoms with Gasteiger partial charge in [-0.2, -0.15) is 5.26 Å². The molecule has 4 aromatic heterocycles. The second-order valence-corrected chi connectivity index (χ2v) is 7.58. The highest BCUT2D eigenvalue weighted by Crippen LogP contribution is 2.22. The number of pyridine rings is 2. The van der Waals surface area contributed by atoms with Crippen molar-refractivity contribution in [3.63, 3.8) is 0 Å². The minimum Gasteiger partial charge on any atom is -0.333 e. The molecule has 0 spiro atoms. The Kier molecular flexibility index (Phi) is 4.98. The van der Waals surface area contributed by atoms with Crippen LogP contribution in [0.2, 0.25) is 0 Å². The van der Waals surface area contributed by atoms with Gasteiger partial charge in [-0.3, -0.25) is 4.79 Å². The van der Waals surface area contributed by atoms with Gasteiger partial charge in [0.2, 0.25) is 0 Å². The normalized spacial score (nSPS) is 10.9. The number of nitriles is 1.